The second-order valence-corrected chi connectivity index (χ2v) is 3.90. The lowest BCUT2D eigenvalue weighted by Crippen LogP contribution is -1.98. The maximum Gasteiger partial charge on any atom is 0.224 e. The largest absolute Gasteiger partial charge is 0.480 e. The Hall–Kier alpha value is -1.97. The molecule has 4 heteroatoms. The van der Waals surface area contributed by atoms with Crippen LogP contribution in [0.5, 0.6) is 0 Å². The molecule has 2 rings (SSSR count). The van der Waals surface area contributed by atoms with Gasteiger partial charge in [0.15, 0.2) is 0 Å². The van der Waals surface area contributed by atoms with Crippen LogP contribution < -0.4 is 0 Å². The fourth-order valence-corrected chi connectivity index (χ4v) is 1.62. The number of rotatable bonds is 2. The molecule has 88 valence electrons. The standard InChI is InChI=1S/C13H15N3O/c1-9-5-4-6-12(15-9)11-8-14-7-10(2)16-13(11)17-3/h4-6,8H,7H2,1-3H3. The van der Waals surface area contributed by atoms with Crippen LogP contribution in [0.1, 0.15) is 18.3 Å². The third-order valence-corrected chi connectivity index (χ3v) is 2.42. The minimum atomic E-state index is 0.571. The zero-order valence-corrected chi connectivity index (χ0v) is 10.3. The SMILES string of the molecule is COC1=C(c2cccc(C)n2)C=NCC(C)=N1. The van der Waals surface area contributed by atoms with Gasteiger partial charge in [-0.05, 0) is 26.0 Å². The minimum absolute atomic E-state index is 0.571. The average Bonchev–Trinajstić information content (AvgIpc) is 2.50. The van der Waals surface area contributed by atoms with Crippen LogP contribution in [0.25, 0.3) is 5.57 Å². The monoisotopic (exact) mass is 229 g/mol. The van der Waals surface area contributed by atoms with Gasteiger partial charge in [-0.25, -0.2) is 4.99 Å². The van der Waals surface area contributed by atoms with Crippen molar-refractivity contribution in [2.45, 2.75) is 13.8 Å². The van der Waals surface area contributed by atoms with E-state index in [9.17, 15) is 0 Å². The van der Waals surface area contributed by atoms with Gasteiger partial charge in [-0.15, -0.1) is 0 Å². The third kappa shape index (κ3) is 2.58. The Morgan fingerprint density at radius 2 is 2.06 bits per heavy atom. The van der Waals surface area contributed by atoms with Crippen LogP contribution in [0.3, 0.4) is 0 Å². The molecule has 0 bridgehead atoms. The van der Waals surface area contributed by atoms with Crippen LogP contribution >= 0.6 is 0 Å². The molecule has 17 heavy (non-hydrogen) atoms. The molecule has 2 heterocycles. The summed E-state index contributed by atoms with van der Waals surface area (Å²) in [4.78, 5) is 13.2. The van der Waals surface area contributed by atoms with Gasteiger partial charge in [-0.1, -0.05) is 6.07 Å². The van der Waals surface area contributed by atoms with Gasteiger partial charge in [0.2, 0.25) is 5.88 Å². The van der Waals surface area contributed by atoms with Crippen molar-refractivity contribution in [2.24, 2.45) is 9.98 Å². The van der Waals surface area contributed by atoms with Gasteiger partial charge in [0.05, 0.1) is 24.9 Å². The molecule has 1 aliphatic heterocycles. The minimum Gasteiger partial charge on any atom is -0.480 e. The first-order chi connectivity index (χ1) is 8.20. The summed E-state index contributed by atoms with van der Waals surface area (Å²) in [5.74, 6) is 0.571. The summed E-state index contributed by atoms with van der Waals surface area (Å²) >= 11 is 0. The average molecular weight is 229 g/mol. The fourth-order valence-electron chi connectivity index (χ4n) is 1.62. The van der Waals surface area contributed by atoms with Crippen LogP contribution in [0, 0.1) is 6.92 Å². The second-order valence-electron chi connectivity index (χ2n) is 3.90. The molecule has 0 radical (unpaired) electrons. The van der Waals surface area contributed by atoms with Crippen LogP contribution in [0.2, 0.25) is 0 Å². The number of aliphatic imine (C=N–C) groups is 2. The molecule has 0 saturated heterocycles. The summed E-state index contributed by atoms with van der Waals surface area (Å²) in [7, 11) is 1.61. The first kappa shape index (κ1) is 11.5. The molecule has 0 unspecified atom stereocenters. The van der Waals surface area contributed by atoms with Crippen LogP contribution in [0.4, 0.5) is 0 Å². The molecule has 0 N–H and O–H groups in total. The van der Waals surface area contributed by atoms with Gasteiger partial charge in [-0.2, -0.15) is 0 Å². The number of hydrogen-bond donors (Lipinski definition) is 0. The number of methoxy groups -OCH3 is 1. The first-order valence-corrected chi connectivity index (χ1v) is 5.47. The summed E-state index contributed by atoms with van der Waals surface area (Å²) in [6.45, 7) is 4.49. The van der Waals surface area contributed by atoms with Gasteiger partial charge < -0.3 is 4.74 Å². The Bertz CT molecular complexity index is 515. The van der Waals surface area contributed by atoms with E-state index in [4.69, 9.17) is 4.74 Å². The number of pyridine rings is 1. The molecular formula is C13H15N3O. The number of allylic oxidation sites excluding steroid dienone is 1. The molecule has 0 saturated carbocycles. The second kappa shape index (κ2) is 4.91. The van der Waals surface area contributed by atoms with Gasteiger partial charge in [-0.3, -0.25) is 9.98 Å². The topological polar surface area (TPSA) is 46.8 Å². The highest BCUT2D eigenvalue weighted by molar-refractivity contribution is 6.11. The Kier molecular flexibility index (Phi) is 3.32. The Morgan fingerprint density at radius 1 is 1.24 bits per heavy atom. The van der Waals surface area contributed by atoms with Crippen molar-refractivity contribution in [2.75, 3.05) is 13.7 Å². The lowest BCUT2D eigenvalue weighted by atomic mass is 10.2. The summed E-state index contributed by atoms with van der Waals surface area (Å²) in [6, 6.07) is 5.86. The molecule has 1 aliphatic rings. The molecule has 0 aromatic carbocycles. The predicted octanol–water partition coefficient (Wildman–Crippen LogP) is 2.25. The Morgan fingerprint density at radius 3 is 2.76 bits per heavy atom. The molecule has 1 aromatic rings. The van der Waals surface area contributed by atoms with E-state index >= 15 is 0 Å². The number of nitrogens with zero attached hydrogens (tertiary/aromatic N) is 3. The highest BCUT2D eigenvalue weighted by atomic mass is 16.5. The van der Waals surface area contributed by atoms with Gasteiger partial charge in [0.25, 0.3) is 0 Å². The van der Waals surface area contributed by atoms with Crippen LogP contribution in [-0.4, -0.2) is 30.6 Å². The van der Waals surface area contributed by atoms with Crippen molar-refractivity contribution >= 4 is 17.5 Å². The molecule has 0 fully saturated rings. The van der Waals surface area contributed by atoms with E-state index in [2.05, 4.69) is 15.0 Å². The zero-order valence-electron chi connectivity index (χ0n) is 10.3. The van der Waals surface area contributed by atoms with Gasteiger partial charge in [0.1, 0.15) is 0 Å². The lowest BCUT2D eigenvalue weighted by Gasteiger charge is -2.06. The number of aromatic nitrogens is 1. The normalized spacial score (nSPS) is 15.6. The third-order valence-electron chi connectivity index (χ3n) is 2.42. The van der Waals surface area contributed by atoms with E-state index in [0.717, 1.165) is 22.7 Å². The van der Waals surface area contributed by atoms with E-state index in [0.29, 0.717) is 12.4 Å². The van der Waals surface area contributed by atoms with E-state index in [1.165, 1.54) is 0 Å². The number of aryl methyl sites for hydroxylation is 1. The van der Waals surface area contributed by atoms with Crippen molar-refractivity contribution in [1.29, 1.82) is 0 Å². The zero-order chi connectivity index (χ0) is 12.3. The summed E-state index contributed by atoms with van der Waals surface area (Å²) in [6.07, 6.45) is 1.78. The highest BCUT2D eigenvalue weighted by Crippen LogP contribution is 2.19. The highest BCUT2D eigenvalue weighted by Gasteiger charge is 2.12. The van der Waals surface area contributed by atoms with Crippen molar-refractivity contribution < 1.29 is 4.74 Å². The molecule has 1 aromatic heterocycles. The number of ether oxygens (including phenoxy) is 1. The van der Waals surface area contributed by atoms with Crippen LogP contribution in [-0.2, 0) is 4.74 Å². The quantitative estimate of drug-likeness (QED) is 0.780. The van der Waals surface area contributed by atoms with Gasteiger partial charge in [0, 0.05) is 17.6 Å². The molecule has 4 nitrogen and oxygen atoms in total. The smallest absolute Gasteiger partial charge is 0.224 e. The fraction of sp³-hybridized carbons (Fsp3) is 0.308. The molecule has 0 amide bonds. The Labute approximate surface area is 101 Å². The summed E-state index contributed by atoms with van der Waals surface area (Å²) in [5, 5.41) is 0. The van der Waals surface area contributed by atoms with Crippen molar-refractivity contribution in [3.05, 3.63) is 35.5 Å². The Balaban J connectivity index is 2.54. The van der Waals surface area contributed by atoms with Gasteiger partial charge >= 0.3 is 0 Å². The van der Waals surface area contributed by atoms with E-state index < -0.39 is 0 Å². The van der Waals surface area contributed by atoms with Crippen LogP contribution in [0.15, 0.2) is 34.1 Å². The number of hydrogen-bond acceptors (Lipinski definition) is 4. The van der Waals surface area contributed by atoms with Crippen molar-refractivity contribution in [1.82, 2.24) is 4.98 Å². The molecule has 0 spiro atoms. The maximum atomic E-state index is 5.31. The van der Waals surface area contributed by atoms with Crippen molar-refractivity contribution in [3.63, 3.8) is 0 Å². The summed E-state index contributed by atoms with van der Waals surface area (Å²) < 4.78 is 5.31. The van der Waals surface area contributed by atoms with E-state index in [-0.39, 0.29) is 0 Å². The van der Waals surface area contributed by atoms with Crippen molar-refractivity contribution in [3.8, 4) is 0 Å². The molecule has 0 aliphatic carbocycles. The first-order valence-electron chi connectivity index (χ1n) is 5.47. The maximum absolute atomic E-state index is 5.31. The molecule has 0 atom stereocenters. The van der Waals surface area contributed by atoms with E-state index in [1.54, 1.807) is 13.3 Å². The van der Waals surface area contributed by atoms with E-state index in [1.807, 2.05) is 32.0 Å². The summed E-state index contributed by atoms with van der Waals surface area (Å²) in [5.41, 5.74) is 3.56. The lowest BCUT2D eigenvalue weighted by molar-refractivity contribution is 0.291. The molecular weight excluding hydrogens is 214 g/mol. The predicted molar refractivity (Wildman–Crippen MR) is 69.4 cm³/mol.